The van der Waals surface area contributed by atoms with Gasteiger partial charge in [0.2, 0.25) is 5.91 Å². The molecule has 1 aromatic carbocycles. The number of likely N-dealkylation sites (N-methyl/N-ethyl adjacent to an activating group) is 1. The SMILES string of the molecule is CN(CC1(O)CCNC1)C(=O)Cc1ccc(F)c(F)c1. The van der Waals surface area contributed by atoms with Crippen LogP contribution in [0.25, 0.3) is 0 Å². The summed E-state index contributed by atoms with van der Waals surface area (Å²) in [5.41, 5.74) is -0.490. The van der Waals surface area contributed by atoms with Crippen molar-refractivity contribution in [3.63, 3.8) is 0 Å². The smallest absolute Gasteiger partial charge is 0.226 e. The van der Waals surface area contributed by atoms with Crippen LogP contribution >= 0.6 is 0 Å². The molecule has 1 atom stereocenters. The molecule has 6 heteroatoms. The Hall–Kier alpha value is -1.53. The molecule has 1 unspecified atom stereocenters. The Labute approximate surface area is 116 Å². The summed E-state index contributed by atoms with van der Waals surface area (Å²) in [6.07, 6.45) is 0.576. The van der Waals surface area contributed by atoms with Crippen LogP contribution in [0.3, 0.4) is 0 Å². The van der Waals surface area contributed by atoms with E-state index < -0.39 is 17.2 Å². The maximum Gasteiger partial charge on any atom is 0.226 e. The number of carbonyl (C=O) groups is 1. The highest BCUT2D eigenvalue weighted by molar-refractivity contribution is 5.78. The summed E-state index contributed by atoms with van der Waals surface area (Å²) in [6, 6.07) is 3.41. The van der Waals surface area contributed by atoms with E-state index in [-0.39, 0.29) is 18.9 Å². The lowest BCUT2D eigenvalue weighted by Gasteiger charge is -2.28. The molecular weight excluding hydrogens is 266 g/mol. The molecule has 2 N–H and O–H groups in total. The number of halogens is 2. The number of nitrogens with zero attached hydrogens (tertiary/aromatic N) is 1. The summed E-state index contributed by atoms with van der Waals surface area (Å²) in [5.74, 6) is -2.13. The van der Waals surface area contributed by atoms with Crippen molar-refractivity contribution in [2.75, 3.05) is 26.7 Å². The number of aliphatic hydroxyl groups is 1. The van der Waals surface area contributed by atoms with Gasteiger partial charge in [0.15, 0.2) is 11.6 Å². The third kappa shape index (κ3) is 3.52. The van der Waals surface area contributed by atoms with Crippen molar-refractivity contribution in [2.45, 2.75) is 18.4 Å². The molecule has 4 nitrogen and oxygen atoms in total. The number of rotatable bonds is 4. The third-order valence-electron chi connectivity index (χ3n) is 3.52. The summed E-state index contributed by atoms with van der Waals surface area (Å²) in [4.78, 5) is 13.4. The lowest BCUT2D eigenvalue weighted by atomic mass is 10.0. The van der Waals surface area contributed by atoms with Crippen LogP contribution in [-0.2, 0) is 11.2 Å². The second-order valence-corrected chi connectivity index (χ2v) is 5.33. The monoisotopic (exact) mass is 284 g/mol. The normalized spacial score (nSPS) is 22.0. The average Bonchev–Trinajstić information content (AvgIpc) is 2.80. The predicted molar refractivity (Wildman–Crippen MR) is 70.1 cm³/mol. The van der Waals surface area contributed by atoms with Gasteiger partial charge in [0.25, 0.3) is 0 Å². The van der Waals surface area contributed by atoms with E-state index in [0.29, 0.717) is 18.5 Å². The Bertz CT molecular complexity index is 502. The zero-order chi connectivity index (χ0) is 14.8. The molecule has 1 aliphatic heterocycles. The van der Waals surface area contributed by atoms with Gasteiger partial charge in [-0.3, -0.25) is 4.79 Å². The molecule has 0 radical (unpaired) electrons. The van der Waals surface area contributed by atoms with Crippen molar-refractivity contribution in [2.24, 2.45) is 0 Å². The average molecular weight is 284 g/mol. The van der Waals surface area contributed by atoms with Crippen LogP contribution < -0.4 is 5.32 Å². The molecule has 0 spiro atoms. The van der Waals surface area contributed by atoms with Crippen LogP contribution in [0.1, 0.15) is 12.0 Å². The maximum absolute atomic E-state index is 13.1. The van der Waals surface area contributed by atoms with E-state index in [1.165, 1.54) is 11.0 Å². The number of benzene rings is 1. The van der Waals surface area contributed by atoms with Gasteiger partial charge in [-0.2, -0.15) is 0 Å². The minimum atomic E-state index is -0.962. The van der Waals surface area contributed by atoms with Gasteiger partial charge in [-0.05, 0) is 30.7 Å². The van der Waals surface area contributed by atoms with Gasteiger partial charge < -0.3 is 15.3 Å². The Morgan fingerprint density at radius 1 is 1.45 bits per heavy atom. The summed E-state index contributed by atoms with van der Waals surface area (Å²) in [5, 5.41) is 13.2. The Balaban J connectivity index is 1.95. The van der Waals surface area contributed by atoms with E-state index in [2.05, 4.69) is 5.32 Å². The van der Waals surface area contributed by atoms with Crippen molar-refractivity contribution in [3.05, 3.63) is 35.4 Å². The van der Waals surface area contributed by atoms with Crippen LogP contribution in [0.5, 0.6) is 0 Å². The number of amides is 1. The van der Waals surface area contributed by atoms with Gasteiger partial charge >= 0.3 is 0 Å². The van der Waals surface area contributed by atoms with Crippen LogP contribution in [0.15, 0.2) is 18.2 Å². The van der Waals surface area contributed by atoms with Crippen molar-refractivity contribution in [3.8, 4) is 0 Å². The minimum absolute atomic E-state index is 0.0167. The standard InChI is InChI=1S/C14H18F2N2O2/c1-18(9-14(20)4-5-17-8-14)13(19)7-10-2-3-11(15)12(16)6-10/h2-3,6,17,20H,4-5,7-9H2,1H3. The Kier molecular flexibility index (Phi) is 4.35. The highest BCUT2D eigenvalue weighted by Crippen LogP contribution is 2.16. The van der Waals surface area contributed by atoms with Gasteiger partial charge in [-0.15, -0.1) is 0 Å². The quantitative estimate of drug-likeness (QED) is 0.855. The van der Waals surface area contributed by atoms with E-state index in [4.69, 9.17) is 0 Å². The van der Waals surface area contributed by atoms with Crippen molar-refractivity contribution < 1.29 is 18.7 Å². The van der Waals surface area contributed by atoms with Gasteiger partial charge in [-0.25, -0.2) is 8.78 Å². The molecular formula is C14H18F2N2O2. The van der Waals surface area contributed by atoms with E-state index in [9.17, 15) is 18.7 Å². The number of β-amino-alcohol motifs (C(OH)–C–C–N with tert-alkyl or cyclic N) is 1. The van der Waals surface area contributed by atoms with Gasteiger partial charge in [0.05, 0.1) is 18.6 Å². The molecule has 20 heavy (non-hydrogen) atoms. The Morgan fingerprint density at radius 3 is 2.80 bits per heavy atom. The number of hydrogen-bond donors (Lipinski definition) is 2. The molecule has 1 aromatic rings. The molecule has 0 bridgehead atoms. The van der Waals surface area contributed by atoms with Crippen molar-refractivity contribution in [1.82, 2.24) is 10.2 Å². The molecule has 1 heterocycles. The molecule has 1 aliphatic rings. The molecule has 2 rings (SSSR count). The second kappa shape index (κ2) is 5.85. The van der Waals surface area contributed by atoms with Crippen molar-refractivity contribution in [1.29, 1.82) is 0 Å². The molecule has 1 saturated heterocycles. The van der Waals surface area contributed by atoms with Crippen LogP contribution in [-0.4, -0.2) is 48.2 Å². The summed E-state index contributed by atoms with van der Waals surface area (Å²) < 4.78 is 25.9. The van der Waals surface area contributed by atoms with Crippen LogP contribution in [0.2, 0.25) is 0 Å². The van der Waals surface area contributed by atoms with E-state index in [1.807, 2.05) is 0 Å². The zero-order valence-electron chi connectivity index (χ0n) is 11.3. The molecule has 0 aliphatic carbocycles. The topological polar surface area (TPSA) is 52.6 Å². The largest absolute Gasteiger partial charge is 0.387 e. The molecule has 0 saturated carbocycles. The van der Waals surface area contributed by atoms with E-state index >= 15 is 0 Å². The first-order valence-corrected chi connectivity index (χ1v) is 6.51. The van der Waals surface area contributed by atoms with E-state index in [0.717, 1.165) is 18.7 Å². The fraction of sp³-hybridized carbons (Fsp3) is 0.500. The first-order valence-electron chi connectivity index (χ1n) is 6.51. The van der Waals surface area contributed by atoms with Crippen LogP contribution in [0, 0.1) is 11.6 Å². The fourth-order valence-corrected chi connectivity index (χ4v) is 2.35. The van der Waals surface area contributed by atoms with E-state index in [1.54, 1.807) is 7.05 Å². The molecule has 1 amide bonds. The number of hydrogen-bond acceptors (Lipinski definition) is 3. The zero-order valence-corrected chi connectivity index (χ0v) is 11.3. The lowest BCUT2D eigenvalue weighted by Crippen LogP contribution is -2.45. The van der Waals surface area contributed by atoms with Gasteiger partial charge in [-0.1, -0.05) is 6.07 Å². The molecule has 0 aromatic heterocycles. The summed E-state index contributed by atoms with van der Waals surface area (Å²) in [6.45, 7) is 1.40. The first-order chi connectivity index (χ1) is 9.39. The lowest BCUT2D eigenvalue weighted by molar-refractivity contribution is -0.132. The maximum atomic E-state index is 13.1. The highest BCUT2D eigenvalue weighted by Gasteiger charge is 2.33. The summed E-state index contributed by atoms with van der Waals surface area (Å²) >= 11 is 0. The fourth-order valence-electron chi connectivity index (χ4n) is 2.35. The molecule has 1 fully saturated rings. The first kappa shape index (κ1) is 14.9. The highest BCUT2D eigenvalue weighted by atomic mass is 19.2. The second-order valence-electron chi connectivity index (χ2n) is 5.33. The third-order valence-corrected chi connectivity index (χ3v) is 3.52. The predicted octanol–water partition coefficient (Wildman–Crippen LogP) is 0.690. The number of carbonyl (C=O) groups excluding carboxylic acids is 1. The van der Waals surface area contributed by atoms with Crippen LogP contribution in [0.4, 0.5) is 8.78 Å². The summed E-state index contributed by atoms with van der Waals surface area (Å²) in [7, 11) is 1.60. The number of nitrogens with one attached hydrogen (secondary N) is 1. The Morgan fingerprint density at radius 2 is 2.20 bits per heavy atom. The minimum Gasteiger partial charge on any atom is -0.387 e. The van der Waals surface area contributed by atoms with Gasteiger partial charge in [0.1, 0.15) is 0 Å². The van der Waals surface area contributed by atoms with Crippen molar-refractivity contribution >= 4 is 5.91 Å². The molecule has 110 valence electrons. The van der Waals surface area contributed by atoms with Gasteiger partial charge in [0, 0.05) is 13.6 Å².